The number of hydrogen-bond donors (Lipinski definition) is 2. The molecule has 2 N–H and O–H groups in total. The van der Waals surface area contributed by atoms with Crippen LogP contribution >= 0.6 is 0 Å². The van der Waals surface area contributed by atoms with Crippen molar-refractivity contribution < 1.29 is 22.7 Å². The third-order valence-electron chi connectivity index (χ3n) is 4.12. The third-order valence-corrected chi connectivity index (χ3v) is 6.38. The number of rotatable bonds is 7. The minimum Gasteiger partial charge on any atom is -0.484 e. The highest BCUT2D eigenvalue weighted by Gasteiger charge is 2.28. The number of hydrazine groups is 1. The van der Waals surface area contributed by atoms with E-state index in [0.29, 0.717) is 18.6 Å². The first kappa shape index (κ1) is 19.2. The van der Waals surface area contributed by atoms with Crippen LogP contribution in [0.3, 0.4) is 0 Å². The zero-order valence-corrected chi connectivity index (χ0v) is 15.1. The third kappa shape index (κ3) is 6.38. The summed E-state index contributed by atoms with van der Waals surface area (Å²) in [6.07, 6.45) is 3.03. The highest BCUT2D eigenvalue weighted by atomic mass is 32.2. The van der Waals surface area contributed by atoms with Crippen LogP contribution in [-0.2, 0) is 19.4 Å². The predicted molar refractivity (Wildman–Crippen MR) is 93.6 cm³/mol. The van der Waals surface area contributed by atoms with Crippen molar-refractivity contribution in [2.45, 2.75) is 44.3 Å². The normalized spacial score (nSPS) is 14.9. The summed E-state index contributed by atoms with van der Waals surface area (Å²) in [5.41, 5.74) is 5.43. The van der Waals surface area contributed by atoms with Crippen molar-refractivity contribution in [1.82, 2.24) is 10.9 Å². The molecular weight excluding hydrogens is 344 g/mol. The SMILES string of the molecule is Cc1cccc(OCC(=O)NNC(=O)CCS(=O)(=O)C2CCCC2)c1. The Balaban J connectivity index is 1.66. The minimum atomic E-state index is -3.24. The Hall–Kier alpha value is -2.09. The fourth-order valence-electron chi connectivity index (χ4n) is 2.74. The zero-order valence-electron chi connectivity index (χ0n) is 14.3. The largest absolute Gasteiger partial charge is 0.484 e. The molecule has 0 radical (unpaired) electrons. The molecule has 2 amide bonds. The number of hydrogen-bond acceptors (Lipinski definition) is 5. The van der Waals surface area contributed by atoms with E-state index in [9.17, 15) is 18.0 Å². The van der Waals surface area contributed by atoms with Crippen LogP contribution in [0.25, 0.3) is 0 Å². The van der Waals surface area contributed by atoms with Gasteiger partial charge >= 0.3 is 0 Å². The number of sulfone groups is 1. The van der Waals surface area contributed by atoms with E-state index in [2.05, 4.69) is 10.9 Å². The molecule has 1 fully saturated rings. The van der Waals surface area contributed by atoms with E-state index in [1.807, 2.05) is 19.1 Å². The lowest BCUT2D eigenvalue weighted by molar-refractivity contribution is -0.129. The monoisotopic (exact) mass is 368 g/mol. The predicted octanol–water partition coefficient (Wildman–Crippen LogP) is 1.27. The molecular formula is C17H24N2O5S. The van der Waals surface area contributed by atoms with Gasteiger partial charge in [-0.15, -0.1) is 0 Å². The van der Waals surface area contributed by atoms with Crippen LogP contribution in [-0.4, -0.2) is 37.8 Å². The van der Waals surface area contributed by atoms with E-state index in [1.54, 1.807) is 12.1 Å². The van der Waals surface area contributed by atoms with Crippen LogP contribution in [0.4, 0.5) is 0 Å². The summed E-state index contributed by atoms with van der Waals surface area (Å²) in [4.78, 5) is 23.3. The van der Waals surface area contributed by atoms with E-state index >= 15 is 0 Å². The standard InChI is InChI=1S/C17H24N2O5S/c1-13-5-4-6-14(11-13)24-12-17(21)19-18-16(20)9-10-25(22,23)15-7-2-3-8-15/h4-6,11,15H,2-3,7-10,12H2,1H3,(H,18,20)(H,19,21). The van der Waals surface area contributed by atoms with Gasteiger partial charge in [0.1, 0.15) is 5.75 Å². The summed E-state index contributed by atoms with van der Waals surface area (Å²) in [7, 11) is -3.24. The highest BCUT2D eigenvalue weighted by molar-refractivity contribution is 7.92. The average Bonchev–Trinajstić information content (AvgIpc) is 3.12. The van der Waals surface area contributed by atoms with Gasteiger partial charge in [-0.25, -0.2) is 8.42 Å². The molecule has 1 aliphatic carbocycles. The molecule has 0 heterocycles. The number of benzene rings is 1. The molecule has 25 heavy (non-hydrogen) atoms. The van der Waals surface area contributed by atoms with Gasteiger partial charge in [0.15, 0.2) is 16.4 Å². The Bertz CT molecular complexity index is 712. The topological polar surface area (TPSA) is 102 Å². The van der Waals surface area contributed by atoms with Gasteiger partial charge in [-0.2, -0.15) is 0 Å². The number of carbonyl (C=O) groups excluding carboxylic acids is 2. The Kier molecular flexibility index (Phi) is 6.81. The highest BCUT2D eigenvalue weighted by Crippen LogP contribution is 2.25. The van der Waals surface area contributed by atoms with Crippen molar-refractivity contribution in [2.24, 2.45) is 0 Å². The molecule has 0 atom stereocenters. The van der Waals surface area contributed by atoms with E-state index in [-0.39, 0.29) is 24.0 Å². The van der Waals surface area contributed by atoms with Crippen LogP contribution in [0.5, 0.6) is 5.75 Å². The molecule has 0 aromatic heterocycles. The summed E-state index contributed by atoms with van der Waals surface area (Å²) in [5, 5.41) is -0.322. The van der Waals surface area contributed by atoms with Crippen LogP contribution in [0.1, 0.15) is 37.7 Å². The van der Waals surface area contributed by atoms with Crippen molar-refractivity contribution >= 4 is 21.7 Å². The van der Waals surface area contributed by atoms with Gasteiger partial charge in [0.2, 0.25) is 5.91 Å². The quantitative estimate of drug-likeness (QED) is 0.706. The number of amides is 2. The molecule has 7 nitrogen and oxygen atoms in total. The summed E-state index contributed by atoms with van der Waals surface area (Å²) < 4.78 is 29.5. The van der Waals surface area contributed by atoms with E-state index in [4.69, 9.17) is 4.74 Å². The number of ether oxygens (including phenoxy) is 1. The van der Waals surface area contributed by atoms with E-state index < -0.39 is 21.7 Å². The first-order valence-electron chi connectivity index (χ1n) is 8.35. The zero-order chi connectivity index (χ0) is 18.3. The van der Waals surface area contributed by atoms with Crippen molar-refractivity contribution in [3.05, 3.63) is 29.8 Å². The minimum absolute atomic E-state index is 0.169. The van der Waals surface area contributed by atoms with Gasteiger partial charge in [0, 0.05) is 6.42 Å². The first-order valence-corrected chi connectivity index (χ1v) is 10.1. The molecule has 0 bridgehead atoms. The molecule has 2 rings (SSSR count). The molecule has 1 aliphatic rings. The van der Waals surface area contributed by atoms with Crippen molar-refractivity contribution in [1.29, 1.82) is 0 Å². The number of carbonyl (C=O) groups is 2. The van der Waals surface area contributed by atoms with E-state index in [0.717, 1.165) is 18.4 Å². The lowest BCUT2D eigenvalue weighted by atomic mass is 10.2. The molecule has 138 valence electrons. The lowest BCUT2D eigenvalue weighted by Crippen LogP contribution is -2.44. The summed E-state index contributed by atoms with van der Waals surface area (Å²) in [5.74, 6) is -0.692. The molecule has 1 aromatic rings. The van der Waals surface area contributed by atoms with Crippen LogP contribution in [0, 0.1) is 6.92 Å². The van der Waals surface area contributed by atoms with Crippen LogP contribution in [0.2, 0.25) is 0 Å². The second-order valence-electron chi connectivity index (χ2n) is 6.22. The van der Waals surface area contributed by atoms with Crippen molar-refractivity contribution in [3.8, 4) is 5.75 Å². The van der Waals surface area contributed by atoms with Gasteiger partial charge in [0.05, 0.1) is 11.0 Å². The van der Waals surface area contributed by atoms with Gasteiger partial charge in [0.25, 0.3) is 5.91 Å². The molecule has 0 spiro atoms. The molecule has 1 saturated carbocycles. The maximum Gasteiger partial charge on any atom is 0.276 e. The Morgan fingerprint density at radius 2 is 1.84 bits per heavy atom. The fraction of sp³-hybridized carbons (Fsp3) is 0.529. The average molecular weight is 368 g/mol. The lowest BCUT2D eigenvalue weighted by Gasteiger charge is -2.11. The smallest absolute Gasteiger partial charge is 0.276 e. The van der Waals surface area contributed by atoms with Gasteiger partial charge < -0.3 is 4.74 Å². The maximum absolute atomic E-state index is 12.1. The molecule has 1 aromatic carbocycles. The van der Waals surface area contributed by atoms with Crippen LogP contribution in [0.15, 0.2) is 24.3 Å². The first-order chi connectivity index (χ1) is 11.9. The van der Waals surface area contributed by atoms with Crippen molar-refractivity contribution in [2.75, 3.05) is 12.4 Å². The molecule has 0 saturated heterocycles. The number of aryl methyl sites for hydroxylation is 1. The number of nitrogens with one attached hydrogen (secondary N) is 2. The summed E-state index contributed by atoms with van der Waals surface area (Å²) in [6, 6.07) is 7.24. The maximum atomic E-state index is 12.1. The summed E-state index contributed by atoms with van der Waals surface area (Å²) >= 11 is 0. The van der Waals surface area contributed by atoms with Crippen molar-refractivity contribution in [3.63, 3.8) is 0 Å². The Morgan fingerprint density at radius 3 is 2.52 bits per heavy atom. The molecule has 0 unspecified atom stereocenters. The fourth-order valence-corrected chi connectivity index (χ4v) is 4.60. The Labute approximate surface area is 148 Å². The Morgan fingerprint density at radius 1 is 1.16 bits per heavy atom. The second kappa shape index (κ2) is 8.84. The van der Waals surface area contributed by atoms with Gasteiger partial charge in [-0.3, -0.25) is 20.4 Å². The molecule has 8 heteroatoms. The van der Waals surface area contributed by atoms with E-state index in [1.165, 1.54) is 0 Å². The van der Waals surface area contributed by atoms with Crippen LogP contribution < -0.4 is 15.6 Å². The van der Waals surface area contributed by atoms with Gasteiger partial charge in [-0.05, 0) is 37.5 Å². The summed E-state index contributed by atoms with van der Waals surface area (Å²) in [6.45, 7) is 1.66. The van der Waals surface area contributed by atoms with Gasteiger partial charge in [-0.1, -0.05) is 25.0 Å². The second-order valence-corrected chi connectivity index (χ2v) is 8.63. The molecule has 0 aliphatic heterocycles.